The molecule has 4 N–H and O–H groups in total. The number of halogens is 1. The molecule has 1 aliphatic rings. The smallest absolute Gasteiger partial charge is 0.317 e. The van der Waals surface area contributed by atoms with E-state index < -0.39 is 17.2 Å². The lowest BCUT2D eigenvalue weighted by Gasteiger charge is -2.20. The predicted molar refractivity (Wildman–Crippen MR) is 105 cm³/mol. The lowest BCUT2D eigenvalue weighted by atomic mass is 9.97. The molecule has 11 heteroatoms. The number of nitrogens with zero attached hydrogens (tertiary/aromatic N) is 2. The highest BCUT2D eigenvalue weighted by molar-refractivity contribution is 7.15. The summed E-state index contributed by atoms with van der Waals surface area (Å²) < 4.78 is 0. The van der Waals surface area contributed by atoms with Crippen LogP contribution in [0.2, 0.25) is 0 Å². The molecule has 0 aromatic carbocycles. The van der Waals surface area contributed by atoms with Crippen molar-refractivity contribution >= 4 is 45.8 Å². The van der Waals surface area contributed by atoms with Crippen LogP contribution in [0.15, 0.2) is 28.0 Å². The fourth-order valence-electron chi connectivity index (χ4n) is 2.98. The van der Waals surface area contributed by atoms with Crippen LogP contribution in [-0.4, -0.2) is 38.9 Å². The highest BCUT2D eigenvalue weighted by Crippen LogP contribution is 2.31. The van der Waals surface area contributed by atoms with Crippen molar-refractivity contribution in [2.24, 2.45) is 0 Å². The Balaban J connectivity index is 0.00000210. The summed E-state index contributed by atoms with van der Waals surface area (Å²) in [5.74, 6) is 0.0633. The van der Waals surface area contributed by atoms with E-state index in [0.29, 0.717) is 11.0 Å². The van der Waals surface area contributed by atoms with Gasteiger partial charge in [-0.15, -0.1) is 23.7 Å². The molecule has 0 atom stereocenters. The van der Waals surface area contributed by atoms with E-state index in [1.807, 2.05) is 6.20 Å². The Morgan fingerprint density at radius 3 is 2.70 bits per heavy atom. The zero-order valence-electron chi connectivity index (χ0n) is 14.1. The number of aromatic nitrogens is 4. The molecule has 142 valence electrons. The summed E-state index contributed by atoms with van der Waals surface area (Å²) in [6.07, 6.45) is 5.25. The van der Waals surface area contributed by atoms with E-state index in [1.165, 1.54) is 23.6 Å². The minimum Gasteiger partial charge on any atom is -0.317 e. The molecule has 3 aromatic rings. The number of amides is 1. The van der Waals surface area contributed by atoms with Gasteiger partial charge in [0, 0.05) is 17.3 Å². The van der Waals surface area contributed by atoms with Crippen molar-refractivity contribution in [3.05, 3.63) is 49.7 Å². The second-order valence-electron chi connectivity index (χ2n) is 6.07. The van der Waals surface area contributed by atoms with E-state index in [2.05, 4.69) is 30.6 Å². The first-order chi connectivity index (χ1) is 12.6. The van der Waals surface area contributed by atoms with E-state index >= 15 is 0 Å². The number of fused-ring (bicyclic) bond motifs is 1. The molecule has 4 heterocycles. The number of carbonyl (C=O) groups excluding carboxylic acids is 1. The number of hydrogen-bond acceptors (Lipinski definition) is 7. The summed E-state index contributed by atoms with van der Waals surface area (Å²) in [5.41, 5.74) is -0.875. The molecule has 3 aromatic heterocycles. The first-order valence-corrected chi connectivity index (χ1v) is 9.02. The monoisotopic (exact) mass is 408 g/mol. The van der Waals surface area contributed by atoms with Gasteiger partial charge in [0.15, 0.2) is 5.13 Å². The van der Waals surface area contributed by atoms with Crippen LogP contribution in [0.4, 0.5) is 5.13 Å². The molecule has 0 saturated carbocycles. The number of anilines is 1. The van der Waals surface area contributed by atoms with Crippen LogP contribution in [0.25, 0.3) is 11.0 Å². The molecular formula is C16H17ClN6O3S. The minimum atomic E-state index is -0.638. The van der Waals surface area contributed by atoms with Gasteiger partial charge in [-0.25, -0.2) is 14.8 Å². The Morgan fingerprint density at radius 1 is 1.15 bits per heavy atom. The summed E-state index contributed by atoms with van der Waals surface area (Å²) in [6, 6.07) is 1.40. The number of carbonyl (C=O) groups is 1. The van der Waals surface area contributed by atoms with Crippen molar-refractivity contribution in [1.82, 2.24) is 25.3 Å². The van der Waals surface area contributed by atoms with Crippen molar-refractivity contribution in [3.8, 4) is 0 Å². The fraction of sp³-hybridized carbons (Fsp3) is 0.312. The zero-order valence-corrected chi connectivity index (χ0v) is 15.7. The lowest BCUT2D eigenvalue weighted by Crippen LogP contribution is -2.26. The second-order valence-corrected chi connectivity index (χ2v) is 7.14. The standard InChI is InChI=1S/C16H16N6O3S.ClH/c23-13(9-5-10-12(18-6-9)20-15(25)21-14(10)24)22-16-19-7-11(26-16)8-1-3-17-4-2-8;/h5-8,17H,1-4H2,(H,19,22,23)(H2,18,20,21,24,25);1H. The highest BCUT2D eigenvalue weighted by atomic mass is 35.5. The van der Waals surface area contributed by atoms with E-state index in [9.17, 15) is 14.4 Å². The van der Waals surface area contributed by atoms with Gasteiger partial charge < -0.3 is 5.32 Å². The minimum absolute atomic E-state index is 0. The Bertz CT molecular complexity index is 1090. The van der Waals surface area contributed by atoms with Gasteiger partial charge in [0.1, 0.15) is 5.65 Å². The predicted octanol–water partition coefficient (Wildman–Crippen LogP) is 1.21. The molecular weight excluding hydrogens is 392 g/mol. The Kier molecular flexibility index (Phi) is 5.68. The van der Waals surface area contributed by atoms with Crippen molar-refractivity contribution < 1.29 is 4.79 Å². The van der Waals surface area contributed by atoms with Gasteiger partial charge in [0.05, 0.1) is 10.9 Å². The number of aromatic amines is 2. The van der Waals surface area contributed by atoms with Gasteiger partial charge in [-0.3, -0.25) is 24.9 Å². The van der Waals surface area contributed by atoms with Crippen LogP contribution < -0.4 is 21.9 Å². The van der Waals surface area contributed by atoms with Crippen LogP contribution in [0.3, 0.4) is 0 Å². The van der Waals surface area contributed by atoms with Crippen molar-refractivity contribution in [2.75, 3.05) is 18.4 Å². The molecule has 27 heavy (non-hydrogen) atoms. The third kappa shape index (κ3) is 4.07. The van der Waals surface area contributed by atoms with Crippen molar-refractivity contribution in [3.63, 3.8) is 0 Å². The van der Waals surface area contributed by atoms with E-state index in [4.69, 9.17) is 0 Å². The van der Waals surface area contributed by atoms with Crippen LogP contribution in [0.5, 0.6) is 0 Å². The molecule has 1 aliphatic heterocycles. The largest absolute Gasteiger partial charge is 0.327 e. The number of nitrogens with one attached hydrogen (secondary N) is 4. The molecule has 0 radical (unpaired) electrons. The average molecular weight is 409 g/mol. The molecule has 0 aliphatic carbocycles. The fourth-order valence-corrected chi connectivity index (χ4v) is 3.96. The Labute approximate surface area is 163 Å². The number of thiazole rings is 1. The maximum Gasteiger partial charge on any atom is 0.327 e. The van der Waals surface area contributed by atoms with Gasteiger partial charge >= 0.3 is 5.69 Å². The van der Waals surface area contributed by atoms with Crippen LogP contribution in [-0.2, 0) is 0 Å². The maximum atomic E-state index is 12.4. The zero-order chi connectivity index (χ0) is 18.1. The van der Waals surface area contributed by atoms with Gasteiger partial charge in [0.2, 0.25) is 0 Å². The first kappa shape index (κ1) is 19.2. The quantitative estimate of drug-likeness (QED) is 0.515. The Morgan fingerprint density at radius 2 is 1.93 bits per heavy atom. The number of rotatable bonds is 3. The molecule has 0 bridgehead atoms. The summed E-state index contributed by atoms with van der Waals surface area (Å²) >= 11 is 1.46. The first-order valence-electron chi connectivity index (χ1n) is 8.20. The van der Waals surface area contributed by atoms with E-state index in [1.54, 1.807) is 0 Å². The average Bonchev–Trinajstić information content (AvgIpc) is 3.10. The molecule has 1 fully saturated rings. The van der Waals surface area contributed by atoms with Gasteiger partial charge in [-0.05, 0) is 37.9 Å². The van der Waals surface area contributed by atoms with Gasteiger partial charge in [-0.1, -0.05) is 0 Å². The third-order valence-corrected chi connectivity index (χ3v) is 5.41. The van der Waals surface area contributed by atoms with Crippen molar-refractivity contribution in [1.29, 1.82) is 0 Å². The van der Waals surface area contributed by atoms with Crippen molar-refractivity contribution in [2.45, 2.75) is 18.8 Å². The molecule has 1 amide bonds. The number of pyridine rings is 1. The van der Waals surface area contributed by atoms with Gasteiger partial charge in [-0.2, -0.15) is 0 Å². The molecule has 4 rings (SSSR count). The summed E-state index contributed by atoms with van der Waals surface area (Å²) in [7, 11) is 0. The molecule has 1 saturated heterocycles. The number of hydrogen-bond donors (Lipinski definition) is 4. The molecule has 0 spiro atoms. The van der Waals surface area contributed by atoms with Crippen LogP contribution in [0.1, 0.15) is 34.0 Å². The van der Waals surface area contributed by atoms with Crippen LogP contribution in [0, 0.1) is 0 Å². The summed E-state index contributed by atoms with van der Waals surface area (Å²) in [5, 5.41) is 6.72. The third-order valence-electron chi connectivity index (χ3n) is 4.34. The maximum absolute atomic E-state index is 12.4. The van der Waals surface area contributed by atoms with E-state index in [0.717, 1.165) is 30.8 Å². The normalized spacial score (nSPS) is 14.7. The second kappa shape index (κ2) is 7.99. The Hall–Kier alpha value is -2.56. The van der Waals surface area contributed by atoms with E-state index in [-0.39, 0.29) is 29.0 Å². The molecule has 0 unspecified atom stereocenters. The van der Waals surface area contributed by atoms with Gasteiger partial charge in [0.25, 0.3) is 11.5 Å². The summed E-state index contributed by atoms with van der Waals surface area (Å²) in [4.78, 5) is 49.5. The number of piperidine rings is 1. The summed E-state index contributed by atoms with van der Waals surface area (Å²) in [6.45, 7) is 1.98. The highest BCUT2D eigenvalue weighted by Gasteiger charge is 2.19. The number of H-pyrrole nitrogens is 2. The molecule has 9 nitrogen and oxygen atoms in total. The topological polar surface area (TPSA) is 133 Å². The lowest BCUT2D eigenvalue weighted by molar-refractivity contribution is 0.102. The SMILES string of the molecule is Cl.O=C(Nc1ncc(C2CCNCC2)s1)c1cnc2[nH]c(=O)[nH]c(=O)c2c1. The van der Waals surface area contributed by atoms with Crippen LogP contribution >= 0.6 is 23.7 Å².